The molecule has 0 aromatic heterocycles. The van der Waals surface area contributed by atoms with Crippen LogP contribution in [-0.4, -0.2) is 47.7 Å². The maximum atomic E-state index is 13.3. The number of hydrogen-bond acceptors (Lipinski definition) is 5. The smallest absolute Gasteiger partial charge is 0.314 e. The minimum Gasteiger partial charge on any atom is -0.314 e. The molecule has 6 rings (SSSR count). The van der Waals surface area contributed by atoms with E-state index in [0.717, 1.165) is 69.7 Å². The van der Waals surface area contributed by atoms with Crippen molar-refractivity contribution in [3.8, 4) is 0 Å². The van der Waals surface area contributed by atoms with Crippen LogP contribution in [-0.2, 0) is 9.63 Å². The van der Waals surface area contributed by atoms with Gasteiger partial charge in [-0.05, 0) is 131 Å². The van der Waals surface area contributed by atoms with Gasteiger partial charge in [0.25, 0.3) is 0 Å². The SMILES string of the molecule is C/C(=N\OC(=O)N(CCC1NCCC1C)C1CCC1)[C@H]1CC[C@H]2[C@@H]3CCC4=CC(=O)CC[C@]4(C)[C@H]3CC[C@]12C. The van der Waals surface area contributed by atoms with Crippen LogP contribution in [0.3, 0.4) is 0 Å². The van der Waals surface area contributed by atoms with E-state index in [1.807, 2.05) is 11.0 Å². The lowest BCUT2D eigenvalue weighted by Gasteiger charge is -2.58. The van der Waals surface area contributed by atoms with Crippen molar-refractivity contribution in [2.24, 2.45) is 45.6 Å². The van der Waals surface area contributed by atoms with Crippen LogP contribution in [0, 0.1) is 40.4 Å². The lowest BCUT2D eigenvalue weighted by Crippen LogP contribution is -2.51. The Labute approximate surface area is 235 Å². The fourth-order valence-corrected chi connectivity index (χ4v) is 10.2. The lowest BCUT2D eigenvalue weighted by atomic mass is 9.46. The average Bonchev–Trinajstić information content (AvgIpc) is 3.46. The predicted molar refractivity (Wildman–Crippen MR) is 154 cm³/mol. The Hall–Kier alpha value is -1.69. The van der Waals surface area contributed by atoms with Crippen LogP contribution in [0.4, 0.5) is 4.79 Å². The molecule has 1 aliphatic heterocycles. The second-order valence-electron chi connectivity index (χ2n) is 14.6. The second kappa shape index (κ2) is 10.6. The summed E-state index contributed by atoms with van der Waals surface area (Å²) in [5.41, 5.74) is 2.89. The zero-order valence-corrected chi connectivity index (χ0v) is 24.8. The predicted octanol–water partition coefficient (Wildman–Crippen LogP) is 6.89. The van der Waals surface area contributed by atoms with Crippen LogP contribution >= 0.6 is 0 Å². The van der Waals surface area contributed by atoms with Crippen molar-refractivity contribution in [1.29, 1.82) is 0 Å². The Morgan fingerprint density at radius 3 is 2.62 bits per heavy atom. The molecule has 5 aliphatic carbocycles. The first-order chi connectivity index (χ1) is 18.7. The summed E-state index contributed by atoms with van der Waals surface area (Å²) in [4.78, 5) is 33.1. The summed E-state index contributed by atoms with van der Waals surface area (Å²) >= 11 is 0. The molecule has 1 saturated heterocycles. The fourth-order valence-electron chi connectivity index (χ4n) is 10.2. The first-order valence-corrected chi connectivity index (χ1v) is 16.2. The Bertz CT molecular complexity index is 1030. The highest BCUT2D eigenvalue weighted by molar-refractivity contribution is 5.91. The number of hydrogen-bond donors (Lipinski definition) is 1. The molecule has 0 spiro atoms. The van der Waals surface area contributed by atoms with E-state index < -0.39 is 0 Å². The third-order valence-corrected chi connectivity index (χ3v) is 12.9. The van der Waals surface area contributed by atoms with Crippen molar-refractivity contribution in [3.63, 3.8) is 0 Å². The van der Waals surface area contributed by atoms with Crippen LogP contribution in [0.5, 0.6) is 0 Å². The standard InChI is InChI=1S/C33H51N3O3/c1-21-14-18-34-30(21)15-19-36(24-6-5-7-24)31(38)39-35-22(2)27-10-11-28-26-9-8-23-20-25(37)12-16-32(23,3)29(26)13-17-33(27,28)4/h20-21,24,26-30,34H,5-19H2,1-4H3/b35-22+/t21?,26-,27+,28-,29-,30?,32-,33+/m0/s1. The first-order valence-electron chi connectivity index (χ1n) is 16.2. The van der Waals surface area contributed by atoms with Crippen molar-refractivity contribution in [2.45, 2.75) is 123 Å². The van der Waals surface area contributed by atoms with Gasteiger partial charge in [0.05, 0.1) is 5.71 Å². The van der Waals surface area contributed by atoms with Gasteiger partial charge in [-0.3, -0.25) is 9.63 Å². The molecular formula is C33H51N3O3. The molecule has 5 fully saturated rings. The topological polar surface area (TPSA) is 71.0 Å². The van der Waals surface area contributed by atoms with Gasteiger partial charge >= 0.3 is 6.09 Å². The molecule has 1 N–H and O–H groups in total. The van der Waals surface area contributed by atoms with Gasteiger partial charge in [-0.25, -0.2) is 4.79 Å². The number of amides is 1. The summed E-state index contributed by atoms with van der Waals surface area (Å²) in [5, 5.41) is 8.16. The number of carbonyl (C=O) groups is 2. The minimum absolute atomic E-state index is 0.214. The highest BCUT2D eigenvalue weighted by Gasteiger charge is 2.59. The Balaban J connectivity index is 1.11. The van der Waals surface area contributed by atoms with Gasteiger partial charge in [0, 0.05) is 31.0 Å². The molecule has 0 aromatic carbocycles. The molecule has 8 atom stereocenters. The van der Waals surface area contributed by atoms with Gasteiger partial charge in [-0.1, -0.05) is 31.5 Å². The average molecular weight is 538 g/mol. The van der Waals surface area contributed by atoms with Gasteiger partial charge in [0.1, 0.15) is 0 Å². The van der Waals surface area contributed by atoms with Crippen molar-refractivity contribution >= 4 is 17.6 Å². The van der Waals surface area contributed by atoms with E-state index in [1.165, 1.54) is 44.1 Å². The highest BCUT2D eigenvalue weighted by Crippen LogP contribution is 2.66. The molecule has 39 heavy (non-hydrogen) atoms. The zero-order valence-electron chi connectivity index (χ0n) is 24.8. The normalized spacial score (nSPS) is 42.2. The number of rotatable bonds is 6. The van der Waals surface area contributed by atoms with E-state index >= 15 is 0 Å². The molecule has 1 amide bonds. The minimum atomic E-state index is -0.250. The number of allylic oxidation sites excluding steroid dienone is 1. The van der Waals surface area contributed by atoms with E-state index in [0.29, 0.717) is 41.5 Å². The van der Waals surface area contributed by atoms with Crippen LogP contribution < -0.4 is 5.32 Å². The van der Waals surface area contributed by atoms with Gasteiger partial charge in [0.15, 0.2) is 5.78 Å². The zero-order chi connectivity index (χ0) is 27.4. The van der Waals surface area contributed by atoms with E-state index in [2.05, 4.69) is 38.2 Å². The molecule has 216 valence electrons. The Morgan fingerprint density at radius 2 is 1.90 bits per heavy atom. The molecule has 0 bridgehead atoms. The van der Waals surface area contributed by atoms with Crippen molar-refractivity contribution in [2.75, 3.05) is 13.1 Å². The molecular weight excluding hydrogens is 486 g/mol. The summed E-state index contributed by atoms with van der Waals surface area (Å²) in [5.74, 6) is 3.53. The summed E-state index contributed by atoms with van der Waals surface area (Å²) in [6, 6.07) is 0.814. The van der Waals surface area contributed by atoms with Crippen molar-refractivity contribution in [1.82, 2.24) is 10.2 Å². The van der Waals surface area contributed by atoms with Crippen LogP contribution in [0.2, 0.25) is 0 Å². The Kier molecular flexibility index (Phi) is 7.48. The summed E-state index contributed by atoms with van der Waals surface area (Å²) in [6.45, 7) is 11.2. The van der Waals surface area contributed by atoms with E-state index in [-0.39, 0.29) is 16.9 Å². The molecule has 0 radical (unpaired) electrons. The number of nitrogens with one attached hydrogen (secondary N) is 1. The van der Waals surface area contributed by atoms with Gasteiger partial charge in [-0.15, -0.1) is 0 Å². The molecule has 6 aliphatic rings. The van der Waals surface area contributed by atoms with E-state index in [1.54, 1.807) is 0 Å². The number of carbonyl (C=O) groups excluding carboxylic acids is 2. The molecule has 6 nitrogen and oxygen atoms in total. The summed E-state index contributed by atoms with van der Waals surface area (Å²) in [6.07, 6.45) is 16.3. The number of fused-ring (bicyclic) bond motifs is 5. The Morgan fingerprint density at radius 1 is 1.08 bits per heavy atom. The molecule has 1 heterocycles. The van der Waals surface area contributed by atoms with Gasteiger partial charge < -0.3 is 10.2 Å². The third-order valence-electron chi connectivity index (χ3n) is 12.9. The number of oxime groups is 1. The van der Waals surface area contributed by atoms with Gasteiger partial charge in [0.2, 0.25) is 0 Å². The van der Waals surface area contributed by atoms with Gasteiger partial charge in [-0.2, -0.15) is 0 Å². The third kappa shape index (κ3) is 4.81. The van der Waals surface area contributed by atoms with E-state index in [4.69, 9.17) is 4.84 Å². The number of ketones is 1. The van der Waals surface area contributed by atoms with Crippen molar-refractivity contribution < 1.29 is 14.4 Å². The lowest BCUT2D eigenvalue weighted by molar-refractivity contribution is -0.117. The first kappa shape index (κ1) is 27.5. The fraction of sp³-hybridized carbons (Fsp3) is 0.848. The molecule has 6 heteroatoms. The monoisotopic (exact) mass is 537 g/mol. The second-order valence-corrected chi connectivity index (χ2v) is 14.6. The molecule has 4 saturated carbocycles. The largest absolute Gasteiger partial charge is 0.436 e. The molecule has 0 aromatic rings. The van der Waals surface area contributed by atoms with Crippen LogP contribution in [0.1, 0.15) is 111 Å². The number of nitrogens with zero attached hydrogens (tertiary/aromatic N) is 2. The molecule has 2 unspecified atom stereocenters. The van der Waals surface area contributed by atoms with Crippen LogP contribution in [0.15, 0.2) is 16.8 Å². The maximum absolute atomic E-state index is 13.3. The van der Waals surface area contributed by atoms with Crippen LogP contribution in [0.25, 0.3) is 0 Å². The highest BCUT2D eigenvalue weighted by atomic mass is 16.7. The maximum Gasteiger partial charge on any atom is 0.436 e. The van der Waals surface area contributed by atoms with Crippen molar-refractivity contribution in [3.05, 3.63) is 11.6 Å². The van der Waals surface area contributed by atoms with E-state index in [9.17, 15) is 9.59 Å². The summed E-state index contributed by atoms with van der Waals surface area (Å²) < 4.78 is 0. The quantitative estimate of drug-likeness (QED) is 0.228. The summed E-state index contributed by atoms with van der Waals surface area (Å²) in [7, 11) is 0.